The maximum atomic E-state index is 13.3. The molecule has 29 heavy (non-hydrogen) atoms. The maximum absolute atomic E-state index is 13.3. The number of benzene rings is 2. The summed E-state index contributed by atoms with van der Waals surface area (Å²) in [6, 6.07) is 19.9. The first-order chi connectivity index (χ1) is 14.2. The number of fused-ring (bicyclic) bond motifs is 1. The highest BCUT2D eigenvalue weighted by Crippen LogP contribution is 2.27. The van der Waals surface area contributed by atoms with Gasteiger partial charge in [0.25, 0.3) is 5.91 Å². The molecule has 3 aromatic rings. The van der Waals surface area contributed by atoms with E-state index in [0.717, 1.165) is 32.2 Å². The molecule has 1 atom stereocenters. The van der Waals surface area contributed by atoms with Crippen LogP contribution in [-0.4, -0.2) is 28.4 Å². The molecular formula is C25H26N2O2. The van der Waals surface area contributed by atoms with Crippen LogP contribution >= 0.6 is 0 Å². The van der Waals surface area contributed by atoms with E-state index in [1.807, 2.05) is 36.4 Å². The molecule has 1 aliphatic rings. The minimum Gasteiger partial charge on any atom is -0.456 e. The SMILES string of the molecule is CCCN(C(=O)c1ccc(Oc2cccnc2)cc1)C1CCc2ccccc2C1. The minimum atomic E-state index is 0.101. The molecule has 0 spiro atoms. The second-order valence-corrected chi connectivity index (χ2v) is 7.48. The number of amides is 1. The third-order valence-corrected chi connectivity index (χ3v) is 5.46. The molecule has 0 radical (unpaired) electrons. The number of rotatable bonds is 6. The number of ether oxygens (including phenoxy) is 1. The second kappa shape index (κ2) is 8.91. The molecule has 0 N–H and O–H groups in total. The Kier molecular flexibility index (Phi) is 5.89. The summed E-state index contributed by atoms with van der Waals surface area (Å²) in [5.41, 5.74) is 3.50. The molecule has 0 bridgehead atoms. The van der Waals surface area contributed by atoms with Gasteiger partial charge in [0.2, 0.25) is 0 Å². The molecule has 0 saturated carbocycles. The van der Waals surface area contributed by atoms with E-state index in [1.165, 1.54) is 11.1 Å². The van der Waals surface area contributed by atoms with E-state index in [1.54, 1.807) is 12.4 Å². The Morgan fingerprint density at radius 2 is 1.83 bits per heavy atom. The van der Waals surface area contributed by atoms with Crippen molar-refractivity contribution in [2.45, 2.75) is 38.6 Å². The van der Waals surface area contributed by atoms with Crippen LogP contribution < -0.4 is 4.74 Å². The smallest absolute Gasteiger partial charge is 0.254 e. The molecule has 1 heterocycles. The van der Waals surface area contributed by atoms with E-state index >= 15 is 0 Å². The monoisotopic (exact) mass is 386 g/mol. The predicted octanol–water partition coefficient (Wildman–Crippen LogP) is 5.28. The lowest BCUT2D eigenvalue weighted by Crippen LogP contribution is -2.43. The third kappa shape index (κ3) is 4.48. The molecule has 4 nitrogen and oxygen atoms in total. The molecular weight excluding hydrogens is 360 g/mol. The number of aromatic nitrogens is 1. The Bertz CT molecular complexity index is 954. The molecule has 1 amide bonds. The highest BCUT2D eigenvalue weighted by atomic mass is 16.5. The van der Waals surface area contributed by atoms with Gasteiger partial charge in [0.15, 0.2) is 0 Å². The Morgan fingerprint density at radius 3 is 2.55 bits per heavy atom. The van der Waals surface area contributed by atoms with Gasteiger partial charge < -0.3 is 9.64 Å². The summed E-state index contributed by atoms with van der Waals surface area (Å²) in [6.07, 6.45) is 7.32. The number of carbonyl (C=O) groups is 1. The Balaban J connectivity index is 1.48. The first kappa shape index (κ1) is 19.2. The van der Waals surface area contributed by atoms with Crippen molar-refractivity contribution in [3.05, 3.63) is 89.7 Å². The molecule has 2 aromatic carbocycles. The molecule has 148 valence electrons. The van der Waals surface area contributed by atoms with Crippen molar-refractivity contribution in [1.82, 2.24) is 9.88 Å². The number of aryl methyl sites for hydroxylation is 1. The van der Waals surface area contributed by atoms with Crippen molar-refractivity contribution in [3.63, 3.8) is 0 Å². The van der Waals surface area contributed by atoms with Gasteiger partial charge in [-0.25, -0.2) is 0 Å². The van der Waals surface area contributed by atoms with E-state index in [9.17, 15) is 4.79 Å². The van der Waals surface area contributed by atoms with Gasteiger partial charge in [0, 0.05) is 24.3 Å². The molecule has 0 fully saturated rings. The van der Waals surface area contributed by atoms with Crippen LogP contribution in [0.4, 0.5) is 0 Å². The zero-order chi connectivity index (χ0) is 20.1. The van der Waals surface area contributed by atoms with E-state index < -0.39 is 0 Å². The fraction of sp³-hybridized carbons (Fsp3) is 0.280. The summed E-state index contributed by atoms with van der Waals surface area (Å²) in [5, 5.41) is 0. The van der Waals surface area contributed by atoms with E-state index in [2.05, 4.69) is 41.1 Å². The topological polar surface area (TPSA) is 42.4 Å². The quantitative estimate of drug-likeness (QED) is 0.578. The Hall–Kier alpha value is -3.14. The molecule has 0 saturated heterocycles. The van der Waals surface area contributed by atoms with E-state index in [4.69, 9.17) is 4.74 Å². The number of hydrogen-bond donors (Lipinski definition) is 0. The van der Waals surface area contributed by atoms with Gasteiger partial charge in [-0.3, -0.25) is 9.78 Å². The molecule has 1 unspecified atom stereocenters. The average Bonchev–Trinajstić information content (AvgIpc) is 2.78. The highest BCUT2D eigenvalue weighted by Gasteiger charge is 2.27. The summed E-state index contributed by atoms with van der Waals surface area (Å²) >= 11 is 0. The first-order valence-electron chi connectivity index (χ1n) is 10.3. The maximum Gasteiger partial charge on any atom is 0.254 e. The van der Waals surface area contributed by atoms with Crippen LogP contribution in [-0.2, 0) is 12.8 Å². The largest absolute Gasteiger partial charge is 0.456 e. The summed E-state index contributed by atoms with van der Waals surface area (Å²) in [7, 11) is 0. The van der Waals surface area contributed by atoms with Crippen LogP contribution in [0.5, 0.6) is 11.5 Å². The average molecular weight is 386 g/mol. The molecule has 4 heteroatoms. The number of pyridine rings is 1. The van der Waals surface area contributed by atoms with Gasteiger partial charge in [0.05, 0.1) is 6.20 Å². The van der Waals surface area contributed by atoms with Crippen LogP contribution in [0.1, 0.15) is 41.3 Å². The normalized spacial score (nSPS) is 15.4. The molecule has 1 aromatic heterocycles. The van der Waals surface area contributed by atoms with Crippen LogP contribution in [0.2, 0.25) is 0 Å². The third-order valence-electron chi connectivity index (χ3n) is 5.46. The van der Waals surface area contributed by atoms with Crippen molar-refractivity contribution in [2.75, 3.05) is 6.54 Å². The van der Waals surface area contributed by atoms with Crippen molar-refractivity contribution in [1.29, 1.82) is 0 Å². The van der Waals surface area contributed by atoms with Crippen molar-refractivity contribution in [3.8, 4) is 11.5 Å². The highest BCUT2D eigenvalue weighted by molar-refractivity contribution is 5.94. The lowest BCUT2D eigenvalue weighted by molar-refractivity contribution is 0.0661. The zero-order valence-electron chi connectivity index (χ0n) is 16.8. The van der Waals surface area contributed by atoms with Crippen LogP contribution in [0.15, 0.2) is 73.1 Å². The van der Waals surface area contributed by atoms with Gasteiger partial charge in [-0.1, -0.05) is 31.2 Å². The van der Waals surface area contributed by atoms with Gasteiger partial charge in [-0.2, -0.15) is 0 Å². The lowest BCUT2D eigenvalue weighted by Gasteiger charge is -2.35. The van der Waals surface area contributed by atoms with Crippen molar-refractivity contribution < 1.29 is 9.53 Å². The Labute approximate surface area is 172 Å². The van der Waals surface area contributed by atoms with Crippen LogP contribution in [0.25, 0.3) is 0 Å². The van der Waals surface area contributed by atoms with Gasteiger partial charge in [-0.05, 0) is 73.2 Å². The number of carbonyl (C=O) groups excluding carboxylic acids is 1. The van der Waals surface area contributed by atoms with Crippen molar-refractivity contribution in [2.24, 2.45) is 0 Å². The summed E-state index contributed by atoms with van der Waals surface area (Å²) < 4.78 is 5.79. The fourth-order valence-corrected chi connectivity index (χ4v) is 4.01. The second-order valence-electron chi connectivity index (χ2n) is 7.48. The predicted molar refractivity (Wildman–Crippen MR) is 114 cm³/mol. The van der Waals surface area contributed by atoms with Gasteiger partial charge >= 0.3 is 0 Å². The van der Waals surface area contributed by atoms with E-state index in [0.29, 0.717) is 17.1 Å². The molecule has 0 aliphatic heterocycles. The number of hydrogen-bond acceptors (Lipinski definition) is 3. The van der Waals surface area contributed by atoms with Gasteiger partial charge in [0.1, 0.15) is 11.5 Å². The first-order valence-corrected chi connectivity index (χ1v) is 10.3. The van der Waals surface area contributed by atoms with Crippen LogP contribution in [0, 0.1) is 0 Å². The summed E-state index contributed by atoms with van der Waals surface area (Å²) in [5.74, 6) is 1.48. The Morgan fingerprint density at radius 1 is 1.03 bits per heavy atom. The summed E-state index contributed by atoms with van der Waals surface area (Å²) in [4.78, 5) is 19.4. The van der Waals surface area contributed by atoms with Gasteiger partial charge in [-0.15, -0.1) is 0 Å². The standard InChI is InChI=1S/C25H26N2O2/c1-2-16-27(22-12-9-19-6-3-4-7-21(19)17-22)25(28)20-10-13-23(14-11-20)29-24-8-5-15-26-18-24/h3-8,10-11,13-15,18,22H,2,9,12,16-17H2,1H3. The number of nitrogens with zero attached hydrogens (tertiary/aromatic N) is 2. The zero-order valence-corrected chi connectivity index (χ0v) is 16.8. The molecule has 1 aliphatic carbocycles. The minimum absolute atomic E-state index is 0.101. The van der Waals surface area contributed by atoms with E-state index in [-0.39, 0.29) is 11.9 Å². The fourth-order valence-electron chi connectivity index (χ4n) is 4.01. The molecule has 4 rings (SSSR count). The van der Waals surface area contributed by atoms with Crippen molar-refractivity contribution >= 4 is 5.91 Å². The summed E-state index contributed by atoms with van der Waals surface area (Å²) in [6.45, 7) is 2.90. The lowest BCUT2D eigenvalue weighted by atomic mass is 9.87. The van der Waals surface area contributed by atoms with Crippen LogP contribution in [0.3, 0.4) is 0 Å².